The second kappa shape index (κ2) is 6.03. The van der Waals surface area contributed by atoms with Crippen LogP contribution in [0.1, 0.15) is 34.5 Å². The summed E-state index contributed by atoms with van der Waals surface area (Å²) in [4.78, 5) is 28.9. The molecule has 6 heteroatoms. The van der Waals surface area contributed by atoms with Crippen LogP contribution in [0.25, 0.3) is 0 Å². The number of benzene rings is 1. The van der Waals surface area contributed by atoms with Gasteiger partial charge in [-0.15, -0.1) is 0 Å². The SMILES string of the molecule is Cc1occc1C(=O)N1CC[C@@]2(CC(=O)N(c3cccc(C#N)c3)C2)C1. The van der Waals surface area contributed by atoms with E-state index in [9.17, 15) is 9.59 Å². The Kier molecular flexibility index (Phi) is 3.80. The minimum atomic E-state index is -0.215. The van der Waals surface area contributed by atoms with Gasteiger partial charge in [-0.3, -0.25) is 9.59 Å². The van der Waals surface area contributed by atoms with E-state index in [-0.39, 0.29) is 17.2 Å². The molecule has 0 unspecified atom stereocenters. The summed E-state index contributed by atoms with van der Waals surface area (Å²) in [7, 11) is 0. The predicted molar refractivity (Wildman–Crippen MR) is 94.5 cm³/mol. The van der Waals surface area contributed by atoms with E-state index in [1.807, 2.05) is 11.0 Å². The number of nitriles is 1. The van der Waals surface area contributed by atoms with Gasteiger partial charge >= 0.3 is 0 Å². The van der Waals surface area contributed by atoms with Crippen LogP contribution in [-0.2, 0) is 4.79 Å². The van der Waals surface area contributed by atoms with Crippen molar-refractivity contribution in [1.82, 2.24) is 4.90 Å². The number of furan rings is 1. The molecule has 1 atom stereocenters. The lowest BCUT2D eigenvalue weighted by Crippen LogP contribution is -2.34. The molecule has 26 heavy (non-hydrogen) atoms. The normalized spacial score (nSPS) is 22.2. The molecule has 1 aromatic heterocycles. The van der Waals surface area contributed by atoms with Crippen molar-refractivity contribution in [2.75, 3.05) is 24.5 Å². The minimum Gasteiger partial charge on any atom is -0.469 e. The van der Waals surface area contributed by atoms with Crippen molar-refractivity contribution < 1.29 is 14.0 Å². The fourth-order valence-corrected chi connectivity index (χ4v) is 4.03. The van der Waals surface area contributed by atoms with E-state index >= 15 is 0 Å². The first-order valence-corrected chi connectivity index (χ1v) is 8.65. The van der Waals surface area contributed by atoms with Crippen molar-refractivity contribution in [1.29, 1.82) is 5.26 Å². The number of rotatable bonds is 2. The highest BCUT2D eigenvalue weighted by atomic mass is 16.3. The van der Waals surface area contributed by atoms with E-state index in [0.29, 0.717) is 42.9 Å². The first-order valence-electron chi connectivity index (χ1n) is 8.65. The van der Waals surface area contributed by atoms with E-state index in [4.69, 9.17) is 9.68 Å². The summed E-state index contributed by atoms with van der Waals surface area (Å²) in [6.07, 6.45) is 2.76. The zero-order valence-corrected chi connectivity index (χ0v) is 14.6. The molecule has 2 aliphatic rings. The molecule has 3 heterocycles. The summed E-state index contributed by atoms with van der Waals surface area (Å²) in [6.45, 7) is 3.57. The van der Waals surface area contributed by atoms with Gasteiger partial charge < -0.3 is 14.2 Å². The molecular formula is C20H19N3O3. The third kappa shape index (κ3) is 2.66. The summed E-state index contributed by atoms with van der Waals surface area (Å²) in [6, 6.07) is 10.9. The van der Waals surface area contributed by atoms with Gasteiger partial charge in [0.2, 0.25) is 5.91 Å². The number of carbonyl (C=O) groups is 2. The van der Waals surface area contributed by atoms with Gasteiger partial charge in [0.05, 0.1) is 23.5 Å². The summed E-state index contributed by atoms with van der Waals surface area (Å²) < 4.78 is 5.24. The maximum absolute atomic E-state index is 12.7. The predicted octanol–water partition coefficient (Wildman–Crippen LogP) is 2.73. The number of aryl methyl sites for hydroxylation is 1. The maximum Gasteiger partial charge on any atom is 0.257 e. The van der Waals surface area contributed by atoms with Crippen LogP contribution in [0.4, 0.5) is 5.69 Å². The molecule has 2 fully saturated rings. The molecule has 2 aromatic rings. The summed E-state index contributed by atoms with van der Waals surface area (Å²) in [5.41, 5.74) is 1.66. The average Bonchev–Trinajstić information content (AvgIpc) is 3.34. The monoisotopic (exact) mass is 349 g/mol. The van der Waals surface area contributed by atoms with E-state index in [1.165, 1.54) is 6.26 Å². The van der Waals surface area contributed by atoms with Gasteiger partial charge in [0.15, 0.2) is 0 Å². The standard InChI is InChI=1S/C20H19N3O3/c1-14-17(5-8-26-14)19(25)22-7-6-20(12-22)10-18(24)23(13-20)16-4-2-3-15(9-16)11-21/h2-5,8-9H,6-7,10,12-13H2,1H3/t20-/m1/s1. The van der Waals surface area contributed by atoms with Crippen LogP contribution in [0, 0.1) is 23.7 Å². The van der Waals surface area contributed by atoms with Crippen molar-refractivity contribution in [3.63, 3.8) is 0 Å². The Bertz CT molecular complexity index is 926. The number of hydrogen-bond acceptors (Lipinski definition) is 4. The van der Waals surface area contributed by atoms with Crippen LogP contribution >= 0.6 is 0 Å². The van der Waals surface area contributed by atoms with Crippen LogP contribution in [0.2, 0.25) is 0 Å². The van der Waals surface area contributed by atoms with Crippen molar-refractivity contribution >= 4 is 17.5 Å². The smallest absolute Gasteiger partial charge is 0.257 e. The largest absolute Gasteiger partial charge is 0.469 e. The zero-order chi connectivity index (χ0) is 18.3. The van der Waals surface area contributed by atoms with Gasteiger partial charge in [0, 0.05) is 37.2 Å². The Morgan fingerprint density at radius 3 is 2.88 bits per heavy atom. The molecule has 2 amide bonds. The third-order valence-corrected chi connectivity index (χ3v) is 5.42. The quantitative estimate of drug-likeness (QED) is 0.835. The lowest BCUT2D eigenvalue weighted by atomic mass is 9.86. The van der Waals surface area contributed by atoms with Crippen molar-refractivity contribution in [3.05, 3.63) is 53.5 Å². The molecule has 0 bridgehead atoms. The number of anilines is 1. The van der Waals surface area contributed by atoms with Crippen molar-refractivity contribution in [3.8, 4) is 6.07 Å². The lowest BCUT2D eigenvalue weighted by Gasteiger charge is -2.24. The number of nitrogens with zero attached hydrogens (tertiary/aromatic N) is 3. The van der Waals surface area contributed by atoms with E-state index in [0.717, 1.165) is 12.1 Å². The van der Waals surface area contributed by atoms with Crippen LogP contribution in [0.15, 0.2) is 41.0 Å². The molecule has 1 spiro atoms. The molecule has 2 aliphatic heterocycles. The van der Waals surface area contributed by atoms with E-state index < -0.39 is 0 Å². The van der Waals surface area contributed by atoms with Crippen LogP contribution in [0.3, 0.4) is 0 Å². The number of amides is 2. The molecular weight excluding hydrogens is 330 g/mol. The molecule has 0 N–H and O–H groups in total. The molecule has 4 rings (SSSR count). The fraction of sp³-hybridized carbons (Fsp3) is 0.350. The Hall–Kier alpha value is -3.07. The molecule has 0 radical (unpaired) electrons. The highest BCUT2D eigenvalue weighted by molar-refractivity contribution is 5.98. The molecule has 6 nitrogen and oxygen atoms in total. The van der Waals surface area contributed by atoms with Gasteiger partial charge in [-0.1, -0.05) is 6.07 Å². The first kappa shape index (κ1) is 16.4. The van der Waals surface area contributed by atoms with Gasteiger partial charge in [-0.25, -0.2) is 0 Å². The molecule has 0 aliphatic carbocycles. The fourth-order valence-electron chi connectivity index (χ4n) is 4.03. The van der Waals surface area contributed by atoms with Crippen molar-refractivity contribution in [2.45, 2.75) is 19.8 Å². The van der Waals surface area contributed by atoms with E-state index in [1.54, 1.807) is 36.1 Å². The van der Waals surface area contributed by atoms with Gasteiger partial charge in [0.1, 0.15) is 5.76 Å². The lowest BCUT2D eigenvalue weighted by molar-refractivity contribution is -0.117. The number of hydrogen-bond donors (Lipinski definition) is 0. The van der Waals surface area contributed by atoms with Crippen molar-refractivity contribution in [2.24, 2.45) is 5.41 Å². The van der Waals surface area contributed by atoms with Crippen LogP contribution in [-0.4, -0.2) is 36.3 Å². The topological polar surface area (TPSA) is 77.6 Å². The molecule has 132 valence electrons. The minimum absolute atomic E-state index is 0.0366. The molecule has 1 aromatic carbocycles. The zero-order valence-electron chi connectivity index (χ0n) is 14.6. The van der Waals surface area contributed by atoms with E-state index in [2.05, 4.69) is 6.07 Å². The number of carbonyl (C=O) groups excluding carboxylic acids is 2. The third-order valence-electron chi connectivity index (χ3n) is 5.42. The maximum atomic E-state index is 12.7. The molecule has 0 saturated carbocycles. The number of likely N-dealkylation sites (tertiary alicyclic amines) is 1. The Labute approximate surface area is 151 Å². The highest BCUT2D eigenvalue weighted by Crippen LogP contribution is 2.42. The summed E-state index contributed by atoms with van der Waals surface area (Å²) >= 11 is 0. The van der Waals surface area contributed by atoms with Crippen LogP contribution in [0.5, 0.6) is 0 Å². The van der Waals surface area contributed by atoms with Gasteiger partial charge in [0.25, 0.3) is 5.91 Å². The Balaban J connectivity index is 1.52. The second-order valence-corrected chi connectivity index (χ2v) is 7.19. The average molecular weight is 349 g/mol. The Morgan fingerprint density at radius 2 is 2.15 bits per heavy atom. The highest BCUT2D eigenvalue weighted by Gasteiger charge is 2.49. The second-order valence-electron chi connectivity index (χ2n) is 7.19. The van der Waals surface area contributed by atoms with Gasteiger partial charge in [-0.05, 0) is 37.6 Å². The first-order chi connectivity index (χ1) is 12.5. The summed E-state index contributed by atoms with van der Waals surface area (Å²) in [5, 5.41) is 9.08. The Morgan fingerprint density at radius 1 is 1.31 bits per heavy atom. The summed E-state index contributed by atoms with van der Waals surface area (Å²) in [5.74, 6) is 0.632. The molecule has 2 saturated heterocycles. The van der Waals surface area contributed by atoms with Gasteiger partial charge in [-0.2, -0.15) is 5.26 Å². The van der Waals surface area contributed by atoms with Crippen LogP contribution < -0.4 is 4.90 Å².